The van der Waals surface area contributed by atoms with Crippen LogP contribution in [0, 0.1) is 11.6 Å². The maximum Gasteiger partial charge on any atom is 0.242 e. The molecule has 0 heterocycles. The number of thioether (sulfide) groups is 1. The maximum atomic E-state index is 13.8. The Morgan fingerprint density at radius 2 is 1.80 bits per heavy atom. The van der Waals surface area contributed by atoms with E-state index in [1.54, 1.807) is 37.3 Å². The zero-order chi connectivity index (χ0) is 21.9. The van der Waals surface area contributed by atoms with Crippen LogP contribution >= 0.6 is 11.8 Å². The van der Waals surface area contributed by atoms with Crippen LogP contribution in [0.15, 0.2) is 48.5 Å². The van der Waals surface area contributed by atoms with Gasteiger partial charge in [-0.25, -0.2) is 8.78 Å². The number of hydrogen-bond donors (Lipinski definition) is 1. The molecule has 30 heavy (non-hydrogen) atoms. The lowest BCUT2D eigenvalue weighted by molar-refractivity contribution is -0.138. The molecule has 0 bridgehead atoms. The normalized spacial score (nSPS) is 11.7. The number of rotatable bonds is 11. The molecule has 4 nitrogen and oxygen atoms in total. The first-order chi connectivity index (χ1) is 14.4. The summed E-state index contributed by atoms with van der Waals surface area (Å²) < 4.78 is 27.0. The van der Waals surface area contributed by atoms with Crippen LogP contribution < -0.4 is 5.32 Å². The average Bonchev–Trinajstić information content (AvgIpc) is 2.74. The monoisotopic (exact) mass is 434 g/mol. The van der Waals surface area contributed by atoms with Gasteiger partial charge < -0.3 is 10.2 Å². The second-order valence-corrected chi connectivity index (χ2v) is 8.04. The minimum absolute atomic E-state index is 0.113. The van der Waals surface area contributed by atoms with Crippen LogP contribution in [0.5, 0.6) is 0 Å². The highest BCUT2D eigenvalue weighted by Gasteiger charge is 2.26. The smallest absolute Gasteiger partial charge is 0.242 e. The molecular formula is C23H28F2N2O2S. The van der Waals surface area contributed by atoms with Crippen LogP contribution in [-0.2, 0) is 21.9 Å². The van der Waals surface area contributed by atoms with Crippen molar-refractivity contribution in [2.75, 3.05) is 12.3 Å². The lowest BCUT2D eigenvalue weighted by atomic mass is 10.1. The minimum atomic E-state index is -0.673. The fraction of sp³-hybridized carbons (Fsp3) is 0.391. The van der Waals surface area contributed by atoms with E-state index in [-0.39, 0.29) is 35.7 Å². The summed E-state index contributed by atoms with van der Waals surface area (Å²) in [4.78, 5) is 26.9. The standard InChI is InChI=1S/C23H28F2N2O2S/c1-3-4-13-26-23(29)17(2)27(14-18-9-11-20(24)12-10-18)22(28)16-30-15-19-7-5-6-8-21(19)25/h5-12,17H,3-4,13-16H2,1-2H3,(H,26,29)/t17-/m1/s1. The summed E-state index contributed by atoms with van der Waals surface area (Å²) in [6.45, 7) is 4.47. The van der Waals surface area contributed by atoms with Crippen LogP contribution in [0.1, 0.15) is 37.8 Å². The molecular weight excluding hydrogens is 406 g/mol. The summed E-state index contributed by atoms with van der Waals surface area (Å²) in [7, 11) is 0. The molecule has 0 saturated carbocycles. The molecule has 0 aliphatic rings. The van der Waals surface area contributed by atoms with E-state index >= 15 is 0 Å². The van der Waals surface area contributed by atoms with Gasteiger partial charge in [-0.2, -0.15) is 0 Å². The van der Waals surface area contributed by atoms with Crippen molar-refractivity contribution >= 4 is 23.6 Å². The quantitative estimate of drug-likeness (QED) is 0.529. The van der Waals surface area contributed by atoms with Gasteiger partial charge in [0.1, 0.15) is 17.7 Å². The first kappa shape index (κ1) is 23.9. The topological polar surface area (TPSA) is 49.4 Å². The van der Waals surface area contributed by atoms with Gasteiger partial charge in [0.2, 0.25) is 11.8 Å². The Kier molecular flexibility index (Phi) is 9.80. The van der Waals surface area contributed by atoms with E-state index in [4.69, 9.17) is 0 Å². The first-order valence-corrected chi connectivity index (χ1v) is 11.2. The molecule has 0 saturated heterocycles. The fourth-order valence-corrected chi connectivity index (χ4v) is 3.75. The van der Waals surface area contributed by atoms with Gasteiger partial charge in [-0.15, -0.1) is 11.8 Å². The molecule has 0 unspecified atom stereocenters. The zero-order valence-electron chi connectivity index (χ0n) is 17.4. The van der Waals surface area contributed by atoms with Gasteiger partial charge >= 0.3 is 0 Å². The summed E-state index contributed by atoms with van der Waals surface area (Å²) in [5, 5.41) is 2.85. The number of hydrogen-bond acceptors (Lipinski definition) is 3. The van der Waals surface area contributed by atoms with Gasteiger partial charge in [-0.3, -0.25) is 9.59 Å². The van der Waals surface area contributed by atoms with E-state index in [9.17, 15) is 18.4 Å². The predicted molar refractivity (Wildman–Crippen MR) is 117 cm³/mol. The van der Waals surface area contributed by atoms with Crippen molar-refractivity contribution in [3.8, 4) is 0 Å². The van der Waals surface area contributed by atoms with Crippen molar-refractivity contribution in [2.24, 2.45) is 0 Å². The number of carbonyl (C=O) groups is 2. The van der Waals surface area contributed by atoms with Crippen LogP contribution in [0.3, 0.4) is 0 Å². The summed E-state index contributed by atoms with van der Waals surface area (Å²) in [6, 6.07) is 11.6. The Bertz CT molecular complexity index is 830. The number of halogens is 2. The fourth-order valence-electron chi connectivity index (χ4n) is 2.85. The molecule has 1 atom stereocenters. The molecule has 2 aromatic rings. The molecule has 0 aliphatic carbocycles. The number of amides is 2. The molecule has 2 amide bonds. The first-order valence-electron chi connectivity index (χ1n) is 10.0. The van der Waals surface area contributed by atoms with Gasteiger partial charge in [0, 0.05) is 18.8 Å². The molecule has 0 aromatic heterocycles. The summed E-state index contributed by atoms with van der Waals surface area (Å²) in [6.07, 6.45) is 1.82. The molecule has 0 fully saturated rings. The summed E-state index contributed by atoms with van der Waals surface area (Å²) in [5.74, 6) is -0.634. The van der Waals surface area contributed by atoms with Crippen LogP contribution in [0.25, 0.3) is 0 Å². The molecule has 2 aromatic carbocycles. The maximum absolute atomic E-state index is 13.8. The van der Waals surface area contributed by atoms with Crippen molar-refractivity contribution in [3.63, 3.8) is 0 Å². The third-order valence-electron chi connectivity index (χ3n) is 4.70. The minimum Gasteiger partial charge on any atom is -0.354 e. The third-order valence-corrected chi connectivity index (χ3v) is 5.67. The number of nitrogens with one attached hydrogen (secondary N) is 1. The van der Waals surface area contributed by atoms with Crippen molar-refractivity contribution < 1.29 is 18.4 Å². The van der Waals surface area contributed by atoms with Crippen LogP contribution in [0.4, 0.5) is 8.78 Å². The Morgan fingerprint density at radius 3 is 2.47 bits per heavy atom. The Morgan fingerprint density at radius 1 is 1.10 bits per heavy atom. The van der Waals surface area contributed by atoms with Crippen molar-refractivity contribution in [1.29, 1.82) is 0 Å². The zero-order valence-corrected chi connectivity index (χ0v) is 18.2. The highest BCUT2D eigenvalue weighted by molar-refractivity contribution is 7.99. The molecule has 0 aliphatic heterocycles. The molecule has 0 radical (unpaired) electrons. The van der Waals surface area contributed by atoms with Gasteiger partial charge in [-0.05, 0) is 42.7 Å². The Hall–Kier alpha value is -2.41. The summed E-state index contributed by atoms with van der Waals surface area (Å²) in [5.41, 5.74) is 1.27. The Labute approximate surface area is 181 Å². The second-order valence-electron chi connectivity index (χ2n) is 7.05. The SMILES string of the molecule is CCCCNC(=O)[C@@H](C)N(Cc1ccc(F)cc1)C(=O)CSCc1ccccc1F. The van der Waals surface area contributed by atoms with Crippen molar-refractivity contribution in [1.82, 2.24) is 10.2 Å². The van der Waals surface area contributed by atoms with E-state index in [1.165, 1.54) is 34.9 Å². The average molecular weight is 435 g/mol. The van der Waals surface area contributed by atoms with E-state index < -0.39 is 6.04 Å². The lowest BCUT2D eigenvalue weighted by Crippen LogP contribution is -2.48. The molecule has 7 heteroatoms. The summed E-state index contributed by atoms with van der Waals surface area (Å²) >= 11 is 1.30. The van der Waals surface area contributed by atoms with E-state index in [2.05, 4.69) is 5.32 Å². The van der Waals surface area contributed by atoms with Crippen molar-refractivity contribution in [3.05, 3.63) is 71.3 Å². The van der Waals surface area contributed by atoms with E-state index in [0.29, 0.717) is 17.9 Å². The van der Waals surface area contributed by atoms with Crippen LogP contribution in [0.2, 0.25) is 0 Å². The molecule has 162 valence electrons. The van der Waals surface area contributed by atoms with Gasteiger partial charge in [-0.1, -0.05) is 43.7 Å². The van der Waals surface area contributed by atoms with Crippen molar-refractivity contribution in [2.45, 2.75) is 45.0 Å². The molecule has 0 spiro atoms. The van der Waals surface area contributed by atoms with E-state index in [1.807, 2.05) is 6.92 Å². The van der Waals surface area contributed by atoms with Gasteiger partial charge in [0.15, 0.2) is 0 Å². The second kappa shape index (κ2) is 12.3. The van der Waals surface area contributed by atoms with Gasteiger partial charge in [0.05, 0.1) is 5.75 Å². The van der Waals surface area contributed by atoms with Crippen LogP contribution in [-0.4, -0.2) is 35.1 Å². The lowest BCUT2D eigenvalue weighted by Gasteiger charge is -2.28. The Balaban J connectivity index is 2.04. The number of nitrogens with zero attached hydrogens (tertiary/aromatic N) is 1. The largest absolute Gasteiger partial charge is 0.354 e. The van der Waals surface area contributed by atoms with E-state index in [0.717, 1.165) is 18.4 Å². The number of benzene rings is 2. The third kappa shape index (κ3) is 7.44. The van der Waals surface area contributed by atoms with Gasteiger partial charge in [0.25, 0.3) is 0 Å². The molecule has 2 rings (SSSR count). The highest BCUT2D eigenvalue weighted by atomic mass is 32.2. The predicted octanol–water partition coefficient (Wildman–Crippen LogP) is 4.53. The highest BCUT2D eigenvalue weighted by Crippen LogP contribution is 2.18. The molecule has 1 N–H and O–H groups in total. The number of unbranched alkanes of at least 4 members (excludes halogenated alkanes) is 1. The number of carbonyl (C=O) groups excluding carboxylic acids is 2.